The lowest BCUT2D eigenvalue weighted by molar-refractivity contribution is -0.119. The van der Waals surface area contributed by atoms with Gasteiger partial charge in [0.25, 0.3) is 5.92 Å². The van der Waals surface area contributed by atoms with Gasteiger partial charge in [-0.1, -0.05) is 18.2 Å². The Morgan fingerprint density at radius 2 is 2.00 bits per heavy atom. The summed E-state index contributed by atoms with van der Waals surface area (Å²) in [5.41, 5.74) is 0.724. The Morgan fingerprint density at radius 1 is 1.35 bits per heavy atom. The number of hydrogen-bond acceptors (Lipinski definition) is 4. The highest BCUT2D eigenvalue weighted by atomic mass is 19.3. The minimum Gasteiger partial charge on any atom is -0.507 e. The third-order valence-corrected chi connectivity index (χ3v) is 3.69. The van der Waals surface area contributed by atoms with Crippen molar-refractivity contribution in [3.8, 4) is 5.75 Å². The van der Waals surface area contributed by atoms with E-state index in [0.717, 1.165) is 0 Å². The molecule has 0 aromatic heterocycles. The number of nitrogens with zero attached hydrogens (tertiary/aromatic N) is 1. The Bertz CT molecular complexity index is 462. The minimum absolute atomic E-state index is 0.121. The smallest absolute Gasteiger partial charge is 0.290 e. The maximum atomic E-state index is 14.2. The lowest BCUT2D eigenvalue weighted by Gasteiger charge is -2.39. The van der Waals surface area contributed by atoms with Crippen LogP contribution in [-0.2, 0) is 0 Å². The van der Waals surface area contributed by atoms with Gasteiger partial charge >= 0.3 is 0 Å². The van der Waals surface area contributed by atoms with Crippen LogP contribution in [-0.4, -0.2) is 53.8 Å². The topological polar surface area (TPSA) is 55.7 Å². The van der Waals surface area contributed by atoms with E-state index in [9.17, 15) is 13.9 Å². The molecule has 1 aliphatic heterocycles. The van der Waals surface area contributed by atoms with Crippen molar-refractivity contribution in [3.05, 3.63) is 29.3 Å². The zero-order valence-electron chi connectivity index (χ0n) is 11.4. The Kier molecular flexibility index (Phi) is 4.57. The maximum Gasteiger partial charge on any atom is 0.290 e. The molecule has 3 N–H and O–H groups in total. The number of piperazine rings is 1. The van der Waals surface area contributed by atoms with Crippen LogP contribution < -0.4 is 5.32 Å². The second-order valence-electron chi connectivity index (χ2n) is 5.12. The van der Waals surface area contributed by atoms with Crippen LogP contribution in [0, 0.1) is 6.92 Å². The summed E-state index contributed by atoms with van der Waals surface area (Å²) < 4.78 is 28.4. The summed E-state index contributed by atoms with van der Waals surface area (Å²) in [7, 11) is 0. The van der Waals surface area contributed by atoms with Crippen LogP contribution in [0.1, 0.15) is 17.2 Å². The molecule has 112 valence electrons. The maximum absolute atomic E-state index is 14.2. The van der Waals surface area contributed by atoms with E-state index in [-0.39, 0.29) is 11.3 Å². The van der Waals surface area contributed by atoms with Crippen molar-refractivity contribution in [3.63, 3.8) is 0 Å². The second kappa shape index (κ2) is 6.03. The zero-order chi connectivity index (χ0) is 14.8. The SMILES string of the molecule is Cc1cccc([C@@H](N2CCNCC2)C(F)(F)CO)c1O. The van der Waals surface area contributed by atoms with Crippen LogP contribution >= 0.6 is 0 Å². The van der Waals surface area contributed by atoms with Crippen molar-refractivity contribution < 1.29 is 19.0 Å². The minimum atomic E-state index is -3.30. The van der Waals surface area contributed by atoms with Gasteiger partial charge in [-0.25, -0.2) is 8.78 Å². The number of rotatable bonds is 4. The molecule has 20 heavy (non-hydrogen) atoms. The number of halogens is 2. The summed E-state index contributed by atoms with van der Waals surface area (Å²) in [6.07, 6.45) is 0. The van der Waals surface area contributed by atoms with E-state index in [0.29, 0.717) is 31.7 Å². The van der Waals surface area contributed by atoms with E-state index in [1.165, 1.54) is 6.07 Å². The van der Waals surface area contributed by atoms with Gasteiger partial charge in [0, 0.05) is 31.7 Å². The quantitative estimate of drug-likeness (QED) is 0.780. The summed E-state index contributed by atoms with van der Waals surface area (Å²) in [6.45, 7) is 2.57. The van der Waals surface area contributed by atoms with Crippen LogP contribution in [0.15, 0.2) is 18.2 Å². The summed E-state index contributed by atoms with van der Waals surface area (Å²) in [5, 5.41) is 22.2. The predicted molar refractivity (Wildman–Crippen MR) is 72.1 cm³/mol. The molecule has 1 fully saturated rings. The molecule has 2 rings (SSSR count). The number of aromatic hydroxyl groups is 1. The van der Waals surface area contributed by atoms with Gasteiger partial charge in [-0.2, -0.15) is 0 Å². The van der Waals surface area contributed by atoms with Gasteiger partial charge in [0.05, 0.1) is 0 Å². The van der Waals surface area contributed by atoms with E-state index in [1.54, 1.807) is 24.0 Å². The average Bonchev–Trinajstić information content (AvgIpc) is 2.45. The molecule has 0 aliphatic carbocycles. The Morgan fingerprint density at radius 3 is 2.60 bits per heavy atom. The molecular formula is C14H20F2N2O2. The summed E-state index contributed by atoms with van der Waals surface area (Å²) in [4.78, 5) is 1.61. The van der Waals surface area contributed by atoms with Crippen molar-refractivity contribution >= 4 is 0 Å². The number of aliphatic hydroxyl groups is 1. The third-order valence-electron chi connectivity index (χ3n) is 3.69. The first kappa shape index (κ1) is 15.2. The molecule has 1 aromatic carbocycles. The molecule has 0 amide bonds. The van der Waals surface area contributed by atoms with Crippen LogP contribution in [0.5, 0.6) is 5.75 Å². The van der Waals surface area contributed by atoms with Crippen LogP contribution in [0.3, 0.4) is 0 Å². The average molecular weight is 286 g/mol. The van der Waals surface area contributed by atoms with E-state index < -0.39 is 18.6 Å². The zero-order valence-corrected chi connectivity index (χ0v) is 11.4. The fourth-order valence-electron chi connectivity index (χ4n) is 2.62. The lowest BCUT2D eigenvalue weighted by Crippen LogP contribution is -2.51. The molecule has 0 unspecified atom stereocenters. The molecule has 1 heterocycles. The molecule has 1 aliphatic rings. The monoisotopic (exact) mass is 286 g/mol. The van der Waals surface area contributed by atoms with E-state index in [4.69, 9.17) is 5.11 Å². The number of hydrogen-bond donors (Lipinski definition) is 3. The molecule has 0 saturated carbocycles. The first-order valence-corrected chi connectivity index (χ1v) is 6.69. The molecular weight excluding hydrogens is 266 g/mol. The van der Waals surface area contributed by atoms with Gasteiger partial charge in [-0.3, -0.25) is 4.90 Å². The Labute approximate surface area is 117 Å². The number of aliphatic hydroxyl groups excluding tert-OH is 1. The van der Waals surface area contributed by atoms with Gasteiger partial charge in [0.1, 0.15) is 18.4 Å². The number of phenols is 1. The Balaban J connectivity index is 2.42. The van der Waals surface area contributed by atoms with E-state index in [1.807, 2.05) is 0 Å². The van der Waals surface area contributed by atoms with Gasteiger partial charge in [0.15, 0.2) is 0 Å². The predicted octanol–water partition coefficient (Wildman–Crippen LogP) is 1.27. The van der Waals surface area contributed by atoms with Crippen molar-refractivity contribution in [2.45, 2.75) is 18.9 Å². The standard InChI is InChI=1S/C14H20F2N2O2/c1-10-3-2-4-11(12(10)20)13(14(15,16)9-19)18-7-5-17-6-8-18/h2-4,13,17,19-20H,5-9H2,1H3/t13-/m1/s1. The number of aryl methyl sites for hydroxylation is 1. The molecule has 4 nitrogen and oxygen atoms in total. The van der Waals surface area contributed by atoms with Gasteiger partial charge < -0.3 is 15.5 Å². The van der Waals surface area contributed by atoms with Crippen molar-refractivity contribution in [1.29, 1.82) is 0 Å². The number of phenolic OH excluding ortho intramolecular Hbond substituents is 1. The number of nitrogens with one attached hydrogen (secondary N) is 1. The normalized spacial score (nSPS) is 19.0. The molecule has 0 radical (unpaired) electrons. The summed E-state index contributed by atoms with van der Waals surface area (Å²) in [5.74, 6) is -3.42. The molecule has 0 spiro atoms. The second-order valence-corrected chi connectivity index (χ2v) is 5.12. The highest BCUT2D eigenvalue weighted by Gasteiger charge is 2.45. The fraction of sp³-hybridized carbons (Fsp3) is 0.571. The molecule has 1 aromatic rings. The van der Waals surface area contributed by atoms with Gasteiger partial charge in [0.2, 0.25) is 0 Å². The van der Waals surface area contributed by atoms with Crippen LogP contribution in [0.2, 0.25) is 0 Å². The molecule has 1 atom stereocenters. The lowest BCUT2D eigenvalue weighted by atomic mass is 9.95. The third kappa shape index (κ3) is 2.92. The van der Waals surface area contributed by atoms with Crippen LogP contribution in [0.25, 0.3) is 0 Å². The first-order chi connectivity index (χ1) is 9.47. The molecule has 6 heteroatoms. The van der Waals surface area contributed by atoms with Gasteiger partial charge in [-0.15, -0.1) is 0 Å². The molecule has 0 bridgehead atoms. The number of alkyl halides is 2. The first-order valence-electron chi connectivity index (χ1n) is 6.69. The highest BCUT2D eigenvalue weighted by Crippen LogP contribution is 2.41. The summed E-state index contributed by atoms with van der Waals surface area (Å²) >= 11 is 0. The fourth-order valence-corrected chi connectivity index (χ4v) is 2.62. The largest absolute Gasteiger partial charge is 0.507 e. The van der Waals surface area contributed by atoms with E-state index >= 15 is 0 Å². The summed E-state index contributed by atoms with van der Waals surface area (Å²) in [6, 6.07) is 3.51. The number of para-hydroxylation sites is 1. The van der Waals surface area contributed by atoms with Crippen molar-refractivity contribution in [2.24, 2.45) is 0 Å². The molecule has 1 saturated heterocycles. The Hall–Kier alpha value is -1.24. The highest BCUT2D eigenvalue weighted by molar-refractivity contribution is 5.42. The van der Waals surface area contributed by atoms with E-state index in [2.05, 4.69) is 5.32 Å². The number of benzene rings is 1. The van der Waals surface area contributed by atoms with Gasteiger partial charge in [-0.05, 0) is 12.5 Å². The van der Waals surface area contributed by atoms with Crippen LogP contribution in [0.4, 0.5) is 8.78 Å². The van der Waals surface area contributed by atoms with Crippen molar-refractivity contribution in [1.82, 2.24) is 10.2 Å². The van der Waals surface area contributed by atoms with Crippen molar-refractivity contribution in [2.75, 3.05) is 32.8 Å².